The second kappa shape index (κ2) is 3.61. The molecule has 16 heavy (non-hydrogen) atoms. The molecule has 0 aliphatic rings. The van der Waals surface area contributed by atoms with E-state index in [2.05, 4.69) is 15.0 Å². The molecule has 0 aliphatic heterocycles. The molecule has 1 aromatic carbocycles. The van der Waals surface area contributed by atoms with Gasteiger partial charge < -0.3 is 4.98 Å². The van der Waals surface area contributed by atoms with Gasteiger partial charge in [-0.1, -0.05) is 23.7 Å². The summed E-state index contributed by atoms with van der Waals surface area (Å²) >= 11 is 5.95. The highest BCUT2D eigenvalue weighted by molar-refractivity contribution is 6.30. The number of benzene rings is 1. The molecule has 0 radical (unpaired) electrons. The van der Waals surface area contributed by atoms with Crippen LogP contribution in [-0.2, 0) is 0 Å². The first kappa shape index (κ1) is 9.36. The third-order valence-corrected chi connectivity index (χ3v) is 2.67. The largest absolute Gasteiger partial charge is 0.343 e. The van der Waals surface area contributed by atoms with Gasteiger partial charge in [-0.15, -0.1) is 0 Å². The number of halogens is 1. The Morgan fingerprint density at radius 3 is 2.88 bits per heavy atom. The van der Waals surface area contributed by atoms with E-state index in [0.717, 1.165) is 27.3 Å². The number of fused-ring (bicyclic) bond motifs is 1. The van der Waals surface area contributed by atoms with E-state index in [4.69, 9.17) is 11.6 Å². The monoisotopic (exact) mass is 229 g/mol. The molecular weight excluding hydrogens is 222 g/mol. The Bertz CT molecular complexity index is 645. The molecule has 0 atom stereocenters. The molecule has 1 N–H and O–H groups in total. The molecule has 0 unspecified atom stereocenters. The van der Waals surface area contributed by atoms with Crippen molar-refractivity contribution in [3.8, 4) is 11.1 Å². The topological polar surface area (TPSA) is 41.6 Å². The van der Waals surface area contributed by atoms with Gasteiger partial charge in [0.1, 0.15) is 0 Å². The van der Waals surface area contributed by atoms with Crippen LogP contribution >= 0.6 is 11.6 Å². The van der Waals surface area contributed by atoms with Gasteiger partial charge in [0.2, 0.25) is 0 Å². The van der Waals surface area contributed by atoms with Crippen LogP contribution in [0.25, 0.3) is 22.3 Å². The normalized spacial score (nSPS) is 10.8. The third-order valence-electron chi connectivity index (χ3n) is 2.43. The van der Waals surface area contributed by atoms with Crippen molar-refractivity contribution < 1.29 is 0 Å². The van der Waals surface area contributed by atoms with E-state index in [1.165, 1.54) is 0 Å². The molecule has 3 nitrogen and oxygen atoms in total. The van der Waals surface area contributed by atoms with Crippen molar-refractivity contribution in [1.82, 2.24) is 15.0 Å². The summed E-state index contributed by atoms with van der Waals surface area (Å²) < 4.78 is 0. The summed E-state index contributed by atoms with van der Waals surface area (Å²) in [7, 11) is 0. The fraction of sp³-hybridized carbons (Fsp3) is 0. The molecule has 0 saturated heterocycles. The maximum absolute atomic E-state index is 5.95. The molecule has 0 spiro atoms. The predicted octanol–water partition coefficient (Wildman–Crippen LogP) is 3.28. The molecule has 2 aromatic heterocycles. The molecule has 0 amide bonds. The van der Waals surface area contributed by atoms with Crippen molar-refractivity contribution in [3.63, 3.8) is 0 Å². The smallest absolute Gasteiger partial charge is 0.177 e. The van der Waals surface area contributed by atoms with Gasteiger partial charge in [0, 0.05) is 16.8 Å². The summed E-state index contributed by atoms with van der Waals surface area (Å²) in [6, 6.07) is 9.72. The Kier molecular flexibility index (Phi) is 2.11. The number of nitrogens with zero attached hydrogens (tertiary/aromatic N) is 2. The van der Waals surface area contributed by atoms with E-state index in [0.29, 0.717) is 0 Å². The summed E-state index contributed by atoms with van der Waals surface area (Å²) in [6.45, 7) is 0. The summed E-state index contributed by atoms with van der Waals surface area (Å²) in [5, 5.41) is 0.724. The van der Waals surface area contributed by atoms with Crippen LogP contribution in [-0.4, -0.2) is 15.0 Å². The zero-order valence-electron chi connectivity index (χ0n) is 8.31. The first-order valence-corrected chi connectivity index (χ1v) is 5.26. The van der Waals surface area contributed by atoms with E-state index >= 15 is 0 Å². The Labute approximate surface area is 97.1 Å². The minimum Gasteiger partial charge on any atom is -0.343 e. The quantitative estimate of drug-likeness (QED) is 0.696. The molecule has 0 bridgehead atoms. The standard InChI is InChI=1S/C12H8ClN3/c13-10-3-1-2-8(4-10)9-5-11-12(14-6-9)16-7-15-11/h1-7H,(H,14,15,16). The lowest BCUT2D eigenvalue weighted by atomic mass is 10.1. The van der Waals surface area contributed by atoms with Crippen LogP contribution in [0, 0.1) is 0 Å². The first-order chi connectivity index (χ1) is 7.83. The fourth-order valence-electron chi connectivity index (χ4n) is 1.66. The number of nitrogens with one attached hydrogen (secondary N) is 1. The van der Waals surface area contributed by atoms with Gasteiger partial charge in [0.25, 0.3) is 0 Å². The number of aromatic nitrogens is 3. The second-order valence-corrected chi connectivity index (χ2v) is 3.94. The number of H-pyrrole nitrogens is 1. The highest BCUT2D eigenvalue weighted by atomic mass is 35.5. The maximum Gasteiger partial charge on any atom is 0.177 e. The van der Waals surface area contributed by atoms with Crippen molar-refractivity contribution >= 4 is 22.8 Å². The van der Waals surface area contributed by atoms with Gasteiger partial charge in [-0.3, -0.25) is 0 Å². The number of pyridine rings is 1. The summed E-state index contributed by atoms with van der Waals surface area (Å²) in [5.41, 5.74) is 3.74. The van der Waals surface area contributed by atoms with E-state index < -0.39 is 0 Å². The molecular formula is C12H8ClN3. The number of imidazole rings is 1. The Morgan fingerprint density at radius 2 is 2.00 bits per heavy atom. The molecule has 78 valence electrons. The highest BCUT2D eigenvalue weighted by Crippen LogP contribution is 2.23. The van der Waals surface area contributed by atoms with Crippen LogP contribution in [0.2, 0.25) is 5.02 Å². The van der Waals surface area contributed by atoms with Crippen LogP contribution in [0.15, 0.2) is 42.9 Å². The molecule has 0 fully saturated rings. The average molecular weight is 230 g/mol. The number of hydrogen-bond acceptors (Lipinski definition) is 2. The molecule has 0 saturated carbocycles. The van der Waals surface area contributed by atoms with Gasteiger partial charge in [-0.25, -0.2) is 9.97 Å². The number of rotatable bonds is 1. The predicted molar refractivity (Wildman–Crippen MR) is 64.3 cm³/mol. The SMILES string of the molecule is Clc1cccc(-c2cnc3nc[nH]c3c2)c1. The van der Waals surface area contributed by atoms with Gasteiger partial charge in [0.05, 0.1) is 11.8 Å². The van der Waals surface area contributed by atoms with Gasteiger partial charge in [-0.05, 0) is 23.8 Å². The first-order valence-electron chi connectivity index (χ1n) is 4.88. The number of hydrogen-bond donors (Lipinski definition) is 1. The molecule has 4 heteroatoms. The maximum atomic E-state index is 5.95. The van der Waals surface area contributed by atoms with Crippen molar-refractivity contribution in [2.24, 2.45) is 0 Å². The Hall–Kier alpha value is -1.87. The van der Waals surface area contributed by atoms with Crippen molar-refractivity contribution in [1.29, 1.82) is 0 Å². The van der Waals surface area contributed by atoms with Crippen LogP contribution in [0.5, 0.6) is 0 Å². The van der Waals surface area contributed by atoms with Crippen LogP contribution in [0.1, 0.15) is 0 Å². The van der Waals surface area contributed by atoms with Crippen LogP contribution in [0.3, 0.4) is 0 Å². The van der Waals surface area contributed by atoms with E-state index in [9.17, 15) is 0 Å². The lowest BCUT2D eigenvalue weighted by Gasteiger charge is -2.01. The molecule has 3 rings (SSSR count). The molecule has 0 aliphatic carbocycles. The van der Waals surface area contributed by atoms with Gasteiger partial charge in [0.15, 0.2) is 5.65 Å². The number of aromatic amines is 1. The van der Waals surface area contributed by atoms with Crippen LogP contribution < -0.4 is 0 Å². The molecule has 3 aromatic rings. The van der Waals surface area contributed by atoms with E-state index in [1.807, 2.05) is 30.3 Å². The minimum absolute atomic E-state index is 0.724. The fourth-order valence-corrected chi connectivity index (χ4v) is 1.85. The van der Waals surface area contributed by atoms with Crippen LogP contribution in [0.4, 0.5) is 0 Å². The minimum atomic E-state index is 0.724. The summed E-state index contributed by atoms with van der Waals surface area (Å²) in [5.74, 6) is 0. The zero-order chi connectivity index (χ0) is 11.0. The van der Waals surface area contributed by atoms with E-state index in [-0.39, 0.29) is 0 Å². The van der Waals surface area contributed by atoms with Crippen molar-refractivity contribution in [2.45, 2.75) is 0 Å². The summed E-state index contributed by atoms with van der Waals surface area (Å²) in [6.07, 6.45) is 3.44. The third kappa shape index (κ3) is 1.55. The lowest BCUT2D eigenvalue weighted by Crippen LogP contribution is -1.82. The van der Waals surface area contributed by atoms with Gasteiger partial charge in [-0.2, -0.15) is 0 Å². The second-order valence-electron chi connectivity index (χ2n) is 3.51. The van der Waals surface area contributed by atoms with Gasteiger partial charge >= 0.3 is 0 Å². The Morgan fingerprint density at radius 1 is 1.06 bits per heavy atom. The summed E-state index contributed by atoms with van der Waals surface area (Å²) in [4.78, 5) is 11.4. The molecule has 2 heterocycles. The average Bonchev–Trinajstić information content (AvgIpc) is 2.75. The van der Waals surface area contributed by atoms with E-state index in [1.54, 1.807) is 12.5 Å². The van der Waals surface area contributed by atoms with Crippen molar-refractivity contribution in [2.75, 3.05) is 0 Å². The zero-order valence-corrected chi connectivity index (χ0v) is 9.07. The Balaban J connectivity index is 2.18. The highest BCUT2D eigenvalue weighted by Gasteiger charge is 2.02. The van der Waals surface area contributed by atoms with Crippen molar-refractivity contribution in [3.05, 3.63) is 47.9 Å². The lowest BCUT2D eigenvalue weighted by molar-refractivity contribution is 1.30.